The molecule has 3 heteroatoms. The molecule has 238 valence electrons. The Morgan fingerprint density at radius 2 is 1.32 bits per heavy atom. The van der Waals surface area contributed by atoms with Gasteiger partial charge >= 0.3 is 0 Å². The van der Waals surface area contributed by atoms with E-state index in [1.54, 1.807) is 0 Å². The third-order valence-electron chi connectivity index (χ3n) is 9.58. The van der Waals surface area contributed by atoms with Crippen LogP contribution in [0.3, 0.4) is 0 Å². The molecule has 9 rings (SSSR count). The first-order valence-corrected chi connectivity index (χ1v) is 17.7. The smallest absolute Gasteiger partial charge is 0.159 e. The summed E-state index contributed by atoms with van der Waals surface area (Å²) in [4.78, 5) is 2.34. The number of nitrogens with zero attached hydrogens (tertiary/aromatic N) is 1. The second-order valence-corrected chi connectivity index (χ2v) is 13.8. The SMILES string of the molecule is C=C(/C=C\C=C(/C)c1cccc(N(c2ccc3sc4ccccc4c3c2)c2cccc3c2oc2ccccc23)c1)c1cccc2ccccc12. The van der Waals surface area contributed by atoms with E-state index in [-0.39, 0.29) is 0 Å². The zero-order chi connectivity index (χ0) is 33.6. The molecule has 2 heterocycles. The van der Waals surface area contributed by atoms with Crippen molar-refractivity contribution in [2.45, 2.75) is 6.92 Å². The molecule has 0 bridgehead atoms. The standard InChI is InChI=1S/C47H33NOS/c1-31(13-9-14-32(2)37-22-11-16-33-15-3-4-19-38(33)37)34-17-10-18-35(29-34)48(36-27-28-46-42(30-36)40-21-6-8-26-45(40)50-46)43-24-12-23-41-39-20-5-7-25-44(39)49-47(41)43/h3-30H,2H2,1H3/b14-9-,31-13+. The van der Waals surface area contributed by atoms with E-state index < -0.39 is 0 Å². The maximum absolute atomic E-state index is 6.60. The first-order chi connectivity index (χ1) is 24.6. The van der Waals surface area contributed by atoms with Crippen molar-refractivity contribution >= 4 is 92.4 Å². The van der Waals surface area contributed by atoms with Gasteiger partial charge in [-0.15, -0.1) is 11.3 Å². The van der Waals surface area contributed by atoms with Crippen molar-refractivity contribution < 1.29 is 4.42 Å². The molecule has 0 aliphatic rings. The normalized spacial score (nSPS) is 12.2. The van der Waals surface area contributed by atoms with Crippen LogP contribution < -0.4 is 4.90 Å². The summed E-state index contributed by atoms with van der Waals surface area (Å²) in [5, 5.41) is 7.19. The lowest BCUT2D eigenvalue weighted by Gasteiger charge is -2.26. The largest absolute Gasteiger partial charge is 0.454 e. The highest BCUT2D eigenvalue weighted by Gasteiger charge is 2.20. The molecule has 0 amide bonds. The van der Waals surface area contributed by atoms with Crippen LogP contribution in [0.25, 0.3) is 64.0 Å². The summed E-state index contributed by atoms with van der Waals surface area (Å²) in [6.07, 6.45) is 6.38. The lowest BCUT2D eigenvalue weighted by molar-refractivity contribution is 0.669. The number of para-hydroxylation sites is 2. The lowest BCUT2D eigenvalue weighted by atomic mass is 9.98. The molecule has 0 aliphatic heterocycles. The molecule has 0 fully saturated rings. The number of anilines is 3. The first kappa shape index (κ1) is 29.9. The summed E-state index contributed by atoms with van der Waals surface area (Å²) in [6, 6.07) is 53.8. The van der Waals surface area contributed by atoms with Crippen molar-refractivity contribution in [1.29, 1.82) is 0 Å². The molecule has 0 aliphatic carbocycles. The number of furan rings is 1. The van der Waals surface area contributed by atoms with Gasteiger partial charge in [0.05, 0.1) is 5.69 Å². The average molecular weight is 660 g/mol. The van der Waals surface area contributed by atoms with Gasteiger partial charge in [0.1, 0.15) is 5.58 Å². The van der Waals surface area contributed by atoms with E-state index in [1.807, 2.05) is 23.5 Å². The minimum absolute atomic E-state index is 0.872. The fraction of sp³-hybridized carbons (Fsp3) is 0.0213. The topological polar surface area (TPSA) is 16.4 Å². The van der Waals surface area contributed by atoms with Crippen LogP contribution >= 0.6 is 11.3 Å². The van der Waals surface area contributed by atoms with E-state index >= 15 is 0 Å². The second kappa shape index (κ2) is 12.4. The zero-order valence-electron chi connectivity index (χ0n) is 27.6. The molecule has 50 heavy (non-hydrogen) atoms. The van der Waals surface area contributed by atoms with E-state index in [0.717, 1.165) is 61.3 Å². The molecule has 0 unspecified atom stereocenters. The molecule has 0 radical (unpaired) electrons. The van der Waals surface area contributed by atoms with Crippen molar-refractivity contribution in [3.63, 3.8) is 0 Å². The molecule has 0 saturated heterocycles. The van der Waals surface area contributed by atoms with Gasteiger partial charge in [0.2, 0.25) is 0 Å². The quantitative estimate of drug-likeness (QED) is 0.158. The van der Waals surface area contributed by atoms with Gasteiger partial charge in [-0.2, -0.15) is 0 Å². The monoisotopic (exact) mass is 659 g/mol. The molecule has 7 aromatic carbocycles. The van der Waals surface area contributed by atoms with Crippen LogP contribution in [-0.2, 0) is 0 Å². The number of hydrogen-bond acceptors (Lipinski definition) is 3. The van der Waals surface area contributed by atoms with Gasteiger partial charge in [-0.25, -0.2) is 0 Å². The molecule has 0 atom stereocenters. The average Bonchev–Trinajstić information content (AvgIpc) is 3.73. The lowest BCUT2D eigenvalue weighted by Crippen LogP contribution is -2.10. The summed E-state index contributed by atoms with van der Waals surface area (Å²) in [7, 11) is 0. The van der Waals surface area contributed by atoms with E-state index in [4.69, 9.17) is 4.42 Å². The van der Waals surface area contributed by atoms with Gasteiger partial charge in [-0.3, -0.25) is 0 Å². The number of rotatable bonds is 7. The number of thiophene rings is 1. The maximum atomic E-state index is 6.60. The van der Waals surface area contributed by atoms with Crippen molar-refractivity contribution in [3.8, 4) is 0 Å². The molecule has 2 nitrogen and oxygen atoms in total. The van der Waals surface area contributed by atoms with Gasteiger partial charge in [0.25, 0.3) is 0 Å². The summed E-state index contributed by atoms with van der Waals surface area (Å²) in [5.41, 5.74) is 9.35. The molecule has 2 aromatic heterocycles. The van der Waals surface area contributed by atoms with Crippen LogP contribution in [0, 0.1) is 0 Å². The Labute approximate surface area is 295 Å². The summed E-state index contributed by atoms with van der Waals surface area (Å²) >= 11 is 1.84. The second-order valence-electron chi connectivity index (χ2n) is 12.7. The molecule has 0 saturated carbocycles. The van der Waals surface area contributed by atoms with Crippen molar-refractivity contribution in [1.82, 2.24) is 0 Å². The summed E-state index contributed by atoms with van der Waals surface area (Å²) in [6.45, 7) is 6.56. The zero-order valence-corrected chi connectivity index (χ0v) is 28.5. The van der Waals surface area contributed by atoms with E-state index in [1.165, 1.54) is 30.9 Å². The molecule has 0 spiro atoms. The molecular weight excluding hydrogens is 627 g/mol. The molecule has 9 aromatic rings. The fourth-order valence-corrected chi connectivity index (χ4v) is 8.17. The number of hydrogen-bond donors (Lipinski definition) is 0. The van der Waals surface area contributed by atoms with Crippen LogP contribution in [0.4, 0.5) is 17.1 Å². The van der Waals surface area contributed by atoms with Gasteiger partial charge in [0, 0.05) is 42.3 Å². The van der Waals surface area contributed by atoms with Gasteiger partial charge in [0.15, 0.2) is 5.58 Å². The third-order valence-corrected chi connectivity index (χ3v) is 10.7. The van der Waals surface area contributed by atoms with Gasteiger partial charge in [-0.05, 0) is 88.5 Å². The Hall–Kier alpha value is -6.16. The Kier molecular flexibility index (Phi) is 7.41. The van der Waals surface area contributed by atoms with E-state index in [9.17, 15) is 0 Å². The predicted molar refractivity (Wildman–Crippen MR) is 217 cm³/mol. The predicted octanol–water partition coefficient (Wildman–Crippen LogP) is 14.2. The van der Waals surface area contributed by atoms with Crippen molar-refractivity contribution in [2.75, 3.05) is 4.90 Å². The summed E-state index contributed by atoms with van der Waals surface area (Å²) in [5.74, 6) is 0. The highest BCUT2D eigenvalue weighted by Crippen LogP contribution is 2.44. The van der Waals surface area contributed by atoms with E-state index in [0.29, 0.717) is 0 Å². The molecule has 0 N–H and O–H groups in total. The van der Waals surface area contributed by atoms with Crippen LogP contribution in [0.2, 0.25) is 0 Å². The Balaban J connectivity index is 1.14. The van der Waals surface area contributed by atoms with Crippen LogP contribution in [0.15, 0.2) is 181 Å². The third kappa shape index (κ3) is 5.20. The Bertz CT molecular complexity index is 2810. The Morgan fingerprint density at radius 3 is 2.24 bits per heavy atom. The van der Waals surface area contributed by atoms with Gasteiger partial charge in [-0.1, -0.05) is 128 Å². The maximum Gasteiger partial charge on any atom is 0.159 e. The minimum Gasteiger partial charge on any atom is -0.454 e. The van der Waals surface area contributed by atoms with Crippen LogP contribution in [-0.4, -0.2) is 0 Å². The van der Waals surface area contributed by atoms with Gasteiger partial charge < -0.3 is 9.32 Å². The molecular formula is C47H33NOS. The van der Waals surface area contributed by atoms with Crippen LogP contribution in [0.5, 0.6) is 0 Å². The Morgan fingerprint density at radius 1 is 0.620 bits per heavy atom. The number of fused-ring (bicyclic) bond motifs is 7. The highest BCUT2D eigenvalue weighted by molar-refractivity contribution is 7.25. The fourth-order valence-electron chi connectivity index (χ4n) is 7.08. The van der Waals surface area contributed by atoms with Crippen molar-refractivity contribution in [2.24, 2.45) is 0 Å². The van der Waals surface area contributed by atoms with Crippen LogP contribution in [0.1, 0.15) is 18.1 Å². The first-order valence-electron chi connectivity index (χ1n) is 16.9. The number of allylic oxidation sites excluding steroid dienone is 5. The number of benzene rings is 7. The minimum atomic E-state index is 0.872. The summed E-state index contributed by atoms with van der Waals surface area (Å²) < 4.78 is 9.17. The van der Waals surface area contributed by atoms with E-state index in [2.05, 4.69) is 176 Å². The van der Waals surface area contributed by atoms with Crippen molar-refractivity contribution in [3.05, 3.63) is 188 Å². The highest BCUT2D eigenvalue weighted by atomic mass is 32.1.